The van der Waals surface area contributed by atoms with Crippen molar-refractivity contribution in [3.8, 4) is 0 Å². The number of hydrogen-bond acceptors (Lipinski definition) is 2. The molecule has 1 amide bonds. The maximum absolute atomic E-state index is 12.3. The number of aliphatic carboxylic acids is 1. The maximum Gasteiger partial charge on any atom is 0.406 e. The van der Waals surface area contributed by atoms with Crippen LogP contribution < -0.4 is 0 Å². The molecule has 0 aliphatic carbocycles. The van der Waals surface area contributed by atoms with Crippen LogP contribution in [0.25, 0.3) is 6.08 Å². The maximum atomic E-state index is 12.3. The summed E-state index contributed by atoms with van der Waals surface area (Å²) in [6, 6.07) is 4.42. The molecule has 1 aliphatic heterocycles. The topological polar surface area (TPSA) is 57.6 Å². The van der Waals surface area contributed by atoms with Crippen molar-refractivity contribution < 1.29 is 27.9 Å². The number of benzene rings is 1. The van der Waals surface area contributed by atoms with Crippen LogP contribution in [0.3, 0.4) is 0 Å². The van der Waals surface area contributed by atoms with Gasteiger partial charge in [0.1, 0.15) is 6.54 Å². The lowest BCUT2D eigenvalue weighted by Crippen LogP contribution is -2.34. The van der Waals surface area contributed by atoms with Gasteiger partial charge in [0.15, 0.2) is 0 Å². The third-order valence-corrected chi connectivity index (χ3v) is 2.80. The third kappa shape index (κ3) is 3.17. The van der Waals surface area contributed by atoms with E-state index in [-0.39, 0.29) is 12.1 Å². The summed E-state index contributed by atoms with van der Waals surface area (Å²) in [5.74, 6) is -1.79. The van der Waals surface area contributed by atoms with Gasteiger partial charge in [-0.25, -0.2) is 4.79 Å². The van der Waals surface area contributed by atoms with Crippen molar-refractivity contribution in [2.75, 3.05) is 6.54 Å². The summed E-state index contributed by atoms with van der Waals surface area (Å²) >= 11 is 0. The fraction of sp³-hybridized carbons (Fsp3) is 0.231. The Bertz CT molecular complexity index is 593. The fourth-order valence-electron chi connectivity index (χ4n) is 2.02. The number of rotatable bonds is 3. The Morgan fingerprint density at radius 1 is 1.40 bits per heavy atom. The van der Waals surface area contributed by atoms with Crippen molar-refractivity contribution in [1.29, 1.82) is 0 Å². The van der Waals surface area contributed by atoms with Gasteiger partial charge in [0.05, 0.1) is 0 Å². The Labute approximate surface area is 112 Å². The van der Waals surface area contributed by atoms with Crippen LogP contribution in [0.4, 0.5) is 13.2 Å². The monoisotopic (exact) mass is 285 g/mol. The number of carboxylic acids is 1. The lowest BCUT2D eigenvalue weighted by Gasteiger charge is -2.17. The van der Waals surface area contributed by atoms with E-state index < -0.39 is 24.6 Å². The summed E-state index contributed by atoms with van der Waals surface area (Å²) in [5.41, 5.74) is 1.21. The number of hydrogen-bond donors (Lipinski definition) is 1. The number of nitrogens with zero attached hydrogens (tertiary/aromatic N) is 1. The molecule has 1 aliphatic rings. The SMILES string of the molecule is O=C(O)C=Cc1ccc2c(c1)CN(CC(F)(F)F)C2=O. The van der Waals surface area contributed by atoms with Gasteiger partial charge < -0.3 is 10.0 Å². The molecule has 20 heavy (non-hydrogen) atoms. The minimum Gasteiger partial charge on any atom is -0.478 e. The molecular weight excluding hydrogens is 275 g/mol. The van der Waals surface area contributed by atoms with E-state index in [1.165, 1.54) is 24.3 Å². The summed E-state index contributed by atoms with van der Waals surface area (Å²) in [7, 11) is 0. The van der Waals surface area contributed by atoms with Crippen molar-refractivity contribution >= 4 is 18.0 Å². The van der Waals surface area contributed by atoms with E-state index in [1.54, 1.807) is 0 Å². The number of carboxylic acid groups (broad SMARTS) is 1. The first-order chi connectivity index (χ1) is 9.26. The van der Waals surface area contributed by atoms with E-state index >= 15 is 0 Å². The average molecular weight is 285 g/mol. The van der Waals surface area contributed by atoms with Crippen molar-refractivity contribution in [2.45, 2.75) is 12.7 Å². The number of alkyl halides is 3. The molecular formula is C13H10F3NO3. The standard InChI is InChI=1S/C13H10F3NO3/c14-13(15,16)7-17-6-9-5-8(2-4-11(18)19)1-3-10(9)12(17)20/h1-5H,6-7H2,(H,18,19). The van der Waals surface area contributed by atoms with Crippen molar-refractivity contribution in [3.63, 3.8) is 0 Å². The highest BCUT2D eigenvalue weighted by atomic mass is 19.4. The minimum atomic E-state index is -4.44. The fourth-order valence-corrected chi connectivity index (χ4v) is 2.02. The van der Waals surface area contributed by atoms with Crippen LogP contribution in [0.2, 0.25) is 0 Å². The molecule has 2 rings (SSSR count). The molecule has 0 unspecified atom stereocenters. The highest BCUT2D eigenvalue weighted by molar-refractivity contribution is 5.98. The third-order valence-electron chi connectivity index (χ3n) is 2.80. The van der Waals surface area contributed by atoms with Crippen LogP contribution in [0.5, 0.6) is 0 Å². The van der Waals surface area contributed by atoms with Crippen LogP contribution in [-0.4, -0.2) is 34.6 Å². The smallest absolute Gasteiger partial charge is 0.406 e. The molecule has 0 spiro atoms. The molecule has 0 fully saturated rings. The van der Waals surface area contributed by atoms with Gasteiger partial charge in [0.25, 0.3) is 5.91 Å². The first kappa shape index (κ1) is 14.1. The van der Waals surface area contributed by atoms with Crippen molar-refractivity contribution in [3.05, 3.63) is 41.0 Å². The number of halogens is 3. The molecule has 1 heterocycles. The predicted molar refractivity (Wildman–Crippen MR) is 63.9 cm³/mol. The van der Waals surface area contributed by atoms with E-state index in [0.717, 1.165) is 11.0 Å². The minimum absolute atomic E-state index is 0.123. The van der Waals surface area contributed by atoms with Gasteiger partial charge in [-0.15, -0.1) is 0 Å². The van der Waals surface area contributed by atoms with E-state index in [1.807, 2.05) is 0 Å². The zero-order valence-corrected chi connectivity index (χ0v) is 10.1. The number of carbonyl (C=O) groups excluding carboxylic acids is 1. The molecule has 1 aromatic rings. The van der Waals surface area contributed by atoms with E-state index in [9.17, 15) is 22.8 Å². The normalized spacial score (nSPS) is 14.9. The van der Waals surface area contributed by atoms with Crippen LogP contribution in [-0.2, 0) is 11.3 Å². The van der Waals surface area contributed by atoms with Crippen LogP contribution >= 0.6 is 0 Å². The molecule has 106 valence electrons. The Balaban J connectivity index is 2.21. The Kier molecular flexibility index (Phi) is 3.52. The van der Waals surface area contributed by atoms with E-state index in [2.05, 4.69) is 0 Å². The molecule has 0 bridgehead atoms. The lowest BCUT2D eigenvalue weighted by molar-refractivity contribution is -0.141. The molecule has 0 aromatic heterocycles. The summed E-state index contributed by atoms with van der Waals surface area (Å²) in [4.78, 5) is 22.9. The van der Waals surface area contributed by atoms with Gasteiger partial charge in [-0.1, -0.05) is 6.07 Å². The van der Waals surface area contributed by atoms with Crippen molar-refractivity contribution in [2.24, 2.45) is 0 Å². The Hall–Kier alpha value is -2.31. The molecule has 0 atom stereocenters. The molecule has 7 heteroatoms. The van der Waals surface area contributed by atoms with Gasteiger partial charge in [-0.3, -0.25) is 4.79 Å². The highest BCUT2D eigenvalue weighted by Crippen LogP contribution is 2.27. The number of carbonyl (C=O) groups is 2. The summed E-state index contributed by atoms with van der Waals surface area (Å²) in [6.45, 7) is -1.41. The zero-order chi connectivity index (χ0) is 14.9. The molecule has 0 radical (unpaired) electrons. The predicted octanol–water partition coefficient (Wildman–Crippen LogP) is 2.30. The van der Waals surface area contributed by atoms with Gasteiger partial charge in [0.2, 0.25) is 0 Å². The summed E-state index contributed by atoms with van der Waals surface area (Å²) < 4.78 is 37.0. The second-order valence-corrected chi connectivity index (χ2v) is 4.36. The average Bonchev–Trinajstić information content (AvgIpc) is 2.61. The summed E-state index contributed by atoms with van der Waals surface area (Å²) in [6.07, 6.45) is -2.20. The van der Waals surface area contributed by atoms with Crippen LogP contribution in [0.15, 0.2) is 24.3 Å². The Morgan fingerprint density at radius 3 is 2.70 bits per heavy atom. The second kappa shape index (κ2) is 4.99. The van der Waals surface area contributed by atoms with Gasteiger partial charge in [0, 0.05) is 18.2 Å². The van der Waals surface area contributed by atoms with E-state index in [0.29, 0.717) is 11.1 Å². The number of amides is 1. The largest absolute Gasteiger partial charge is 0.478 e. The molecule has 1 aromatic carbocycles. The van der Waals surface area contributed by atoms with Gasteiger partial charge in [-0.05, 0) is 29.3 Å². The molecule has 0 saturated heterocycles. The number of fused-ring (bicyclic) bond motifs is 1. The second-order valence-electron chi connectivity index (χ2n) is 4.36. The quantitative estimate of drug-likeness (QED) is 0.867. The van der Waals surface area contributed by atoms with Gasteiger partial charge >= 0.3 is 12.1 Å². The van der Waals surface area contributed by atoms with Crippen LogP contribution in [0.1, 0.15) is 21.5 Å². The zero-order valence-electron chi connectivity index (χ0n) is 10.1. The van der Waals surface area contributed by atoms with E-state index in [4.69, 9.17) is 5.11 Å². The Morgan fingerprint density at radius 2 is 2.10 bits per heavy atom. The highest BCUT2D eigenvalue weighted by Gasteiger charge is 2.37. The molecule has 4 nitrogen and oxygen atoms in total. The molecule has 1 N–H and O–H groups in total. The first-order valence-corrected chi connectivity index (χ1v) is 5.66. The van der Waals surface area contributed by atoms with Crippen molar-refractivity contribution in [1.82, 2.24) is 4.90 Å². The first-order valence-electron chi connectivity index (χ1n) is 5.66. The molecule has 0 saturated carbocycles. The van der Waals surface area contributed by atoms with Gasteiger partial charge in [-0.2, -0.15) is 13.2 Å². The summed E-state index contributed by atoms with van der Waals surface area (Å²) in [5, 5.41) is 8.51. The lowest BCUT2D eigenvalue weighted by atomic mass is 10.1. The van der Waals surface area contributed by atoms with Crippen LogP contribution in [0, 0.1) is 0 Å².